The third-order valence-electron chi connectivity index (χ3n) is 5.71. The fraction of sp³-hybridized carbons (Fsp3) is 0.400. The number of nitriles is 1. The number of ketones is 1. The maximum Gasteiger partial charge on any atom is 0.251 e. The van der Waals surface area contributed by atoms with Gasteiger partial charge in [-0.25, -0.2) is 4.99 Å². The van der Waals surface area contributed by atoms with Crippen LogP contribution in [0.25, 0.3) is 5.70 Å². The monoisotopic (exact) mass is 503 g/mol. The quantitative estimate of drug-likeness (QED) is 0.391. The second-order valence-electron chi connectivity index (χ2n) is 9.46. The normalized spacial score (nSPS) is 12.9. The van der Waals surface area contributed by atoms with Gasteiger partial charge in [-0.3, -0.25) is 9.59 Å². The van der Waals surface area contributed by atoms with Crippen molar-refractivity contribution in [1.29, 1.82) is 5.26 Å². The number of nitrogens with one attached hydrogen (secondary N) is 1. The summed E-state index contributed by atoms with van der Waals surface area (Å²) in [6.07, 6.45) is 2.68. The van der Waals surface area contributed by atoms with Gasteiger partial charge in [-0.2, -0.15) is 5.26 Å². The van der Waals surface area contributed by atoms with E-state index >= 15 is 0 Å². The summed E-state index contributed by atoms with van der Waals surface area (Å²) < 4.78 is 5.63. The summed E-state index contributed by atoms with van der Waals surface area (Å²) in [5, 5.41) is 22.0. The first kappa shape index (κ1) is 29.5. The number of benzene rings is 2. The standard InChI is InChI=1S/C30H37N3O4/c1-7-27(32-21(6)29(35)19(2)3)23-10-8-22(9-11-23)16-26(14-15-34)33-30(36)24-12-13-28(37-20(4)5)25(17-24)18-31/h7-13,17,19-20,26,34H,14-16H2,1-6H3,(H,33,36)/b27-7-,32-21?/t26-/m1/s1. The molecule has 2 aromatic rings. The third-order valence-corrected chi connectivity index (χ3v) is 5.71. The van der Waals surface area contributed by atoms with Gasteiger partial charge in [0.15, 0.2) is 5.78 Å². The lowest BCUT2D eigenvalue weighted by Crippen LogP contribution is -2.37. The zero-order valence-electron chi connectivity index (χ0n) is 22.5. The predicted molar refractivity (Wildman–Crippen MR) is 147 cm³/mol. The lowest BCUT2D eigenvalue weighted by atomic mass is 10.0. The first-order chi connectivity index (χ1) is 17.6. The molecule has 0 aliphatic heterocycles. The number of amides is 1. The summed E-state index contributed by atoms with van der Waals surface area (Å²) in [6.45, 7) is 11.0. The summed E-state index contributed by atoms with van der Waals surface area (Å²) in [4.78, 5) is 29.7. The second kappa shape index (κ2) is 14.1. The lowest BCUT2D eigenvalue weighted by molar-refractivity contribution is -0.115. The van der Waals surface area contributed by atoms with Gasteiger partial charge in [0.05, 0.1) is 23.1 Å². The van der Waals surface area contributed by atoms with Gasteiger partial charge in [0.2, 0.25) is 0 Å². The van der Waals surface area contributed by atoms with Crippen LogP contribution in [0.5, 0.6) is 5.75 Å². The Morgan fingerprint density at radius 3 is 2.30 bits per heavy atom. The largest absolute Gasteiger partial charge is 0.490 e. The zero-order chi connectivity index (χ0) is 27.5. The smallest absolute Gasteiger partial charge is 0.251 e. The number of aliphatic hydroxyl groups excluding tert-OH is 1. The van der Waals surface area contributed by atoms with Gasteiger partial charge in [0.1, 0.15) is 11.8 Å². The van der Waals surface area contributed by atoms with Crippen molar-refractivity contribution in [3.63, 3.8) is 0 Å². The number of ether oxygens (including phenoxy) is 1. The van der Waals surface area contributed by atoms with Crippen molar-refractivity contribution >= 4 is 23.1 Å². The third kappa shape index (κ3) is 8.69. The number of allylic oxidation sites excluding steroid dienone is 1. The maximum atomic E-state index is 12.9. The van der Waals surface area contributed by atoms with Crippen LogP contribution in [0.15, 0.2) is 53.5 Å². The summed E-state index contributed by atoms with van der Waals surface area (Å²) in [5.41, 5.74) is 3.71. The molecule has 2 aromatic carbocycles. The van der Waals surface area contributed by atoms with Crippen LogP contribution in [0.4, 0.5) is 0 Å². The van der Waals surface area contributed by atoms with E-state index in [2.05, 4.69) is 16.4 Å². The molecule has 0 saturated heterocycles. The van der Waals surface area contributed by atoms with E-state index in [-0.39, 0.29) is 36.4 Å². The van der Waals surface area contributed by atoms with Crippen molar-refractivity contribution < 1.29 is 19.4 Å². The number of Topliss-reactive ketones (excluding diaryl/α,β-unsaturated/α-hetero) is 1. The molecule has 0 spiro atoms. The van der Waals surface area contributed by atoms with Crippen molar-refractivity contribution in [2.45, 2.75) is 66.5 Å². The maximum absolute atomic E-state index is 12.9. The second-order valence-corrected chi connectivity index (χ2v) is 9.46. The SMILES string of the molecule is C/C=C(\N=C(C)C(=O)C(C)C)c1ccc(C[C@@H](CCO)NC(=O)c2ccc(OC(C)C)c(C#N)c2)cc1. The van der Waals surface area contributed by atoms with Crippen molar-refractivity contribution in [3.05, 3.63) is 70.8 Å². The minimum absolute atomic E-state index is 0.0162. The van der Waals surface area contributed by atoms with E-state index < -0.39 is 0 Å². The molecule has 2 rings (SSSR count). The highest BCUT2D eigenvalue weighted by Gasteiger charge is 2.17. The molecule has 0 unspecified atom stereocenters. The van der Waals surface area contributed by atoms with Crippen LogP contribution < -0.4 is 10.1 Å². The number of hydrogen-bond donors (Lipinski definition) is 2. The molecule has 2 N–H and O–H groups in total. The van der Waals surface area contributed by atoms with Crippen molar-refractivity contribution in [2.24, 2.45) is 10.9 Å². The fourth-order valence-corrected chi connectivity index (χ4v) is 3.81. The minimum atomic E-state index is -0.321. The van der Waals surface area contributed by atoms with Gasteiger partial charge < -0.3 is 15.2 Å². The Kier molecular flexibility index (Phi) is 11.2. The molecule has 196 valence electrons. The number of carbonyl (C=O) groups excluding carboxylic acids is 2. The van der Waals surface area contributed by atoms with Crippen LogP contribution in [0.1, 0.15) is 75.0 Å². The van der Waals surface area contributed by atoms with Gasteiger partial charge in [-0.05, 0) is 69.9 Å². The Morgan fingerprint density at radius 2 is 1.76 bits per heavy atom. The molecule has 0 radical (unpaired) electrons. The molecule has 0 saturated carbocycles. The highest BCUT2D eigenvalue weighted by Crippen LogP contribution is 2.22. The van der Waals surface area contributed by atoms with Gasteiger partial charge in [0, 0.05) is 24.1 Å². The van der Waals surface area contributed by atoms with Crippen molar-refractivity contribution in [1.82, 2.24) is 5.32 Å². The highest BCUT2D eigenvalue weighted by atomic mass is 16.5. The number of carbonyl (C=O) groups is 2. The number of aliphatic hydroxyl groups is 1. The van der Waals surface area contributed by atoms with Gasteiger partial charge >= 0.3 is 0 Å². The zero-order valence-corrected chi connectivity index (χ0v) is 22.5. The predicted octanol–water partition coefficient (Wildman–Crippen LogP) is 5.12. The van der Waals surface area contributed by atoms with Crippen LogP contribution in [0.2, 0.25) is 0 Å². The van der Waals surface area contributed by atoms with Crippen LogP contribution >= 0.6 is 0 Å². The lowest BCUT2D eigenvalue weighted by Gasteiger charge is -2.19. The van der Waals surface area contributed by atoms with Gasteiger partial charge in [0.25, 0.3) is 5.91 Å². The van der Waals surface area contributed by atoms with Crippen molar-refractivity contribution in [2.75, 3.05) is 6.61 Å². The average Bonchev–Trinajstić information content (AvgIpc) is 2.87. The number of nitrogens with zero attached hydrogens (tertiary/aromatic N) is 2. The average molecular weight is 504 g/mol. The minimum Gasteiger partial charge on any atom is -0.490 e. The van der Waals surface area contributed by atoms with Gasteiger partial charge in [-0.1, -0.05) is 44.2 Å². The molecule has 1 amide bonds. The number of rotatable bonds is 12. The molecule has 7 heteroatoms. The fourth-order valence-electron chi connectivity index (χ4n) is 3.81. The Balaban J connectivity index is 2.15. The Hall–Kier alpha value is -3.76. The molecule has 0 bridgehead atoms. The van der Waals surface area contributed by atoms with E-state index in [1.807, 2.05) is 65.0 Å². The molecular formula is C30H37N3O4. The van der Waals surface area contributed by atoms with Crippen LogP contribution in [-0.4, -0.2) is 41.3 Å². The Morgan fingerprint density at radius 1 is 1.11 bits per heavy atom. The molecule has 0 aliphatic carbocycles. The highest BCUT2D eigenvalue weighted by molar-refractivity contribution is 6.40. The topological polar surface area (TPSA) is 112 Å². The van der Waals surface area contributed by atoms with Gasteiger partial charge in [-0.15, -0.1) is 0 Å². The number of hydrogen-bond acceptors (Lipinski definition) is 6. The summed E-state index contributed by atoms with van der Waals surface area (Å²) in [5.74, 6) is 0.0244. The van der Waals surface area contributed by atoms with E-state index in [1.165, 1.54) is 6.07 Å². The molecule has 7 nitrogen and oxygen atoms in total. The Labute approximate surface area is 219 Å². The molecule has 0 aliphatic rings. The molecule has 0 aromatic heterocycles. The van der Waals surface area contributed by atoms with E-state index in [9.17, 15) is 20.0 Å². The molecule has 0 heterocycles. The van der Waals surface area contributed by atoms with E-state index in [0.29, 0.717) is 35.4 Å². The first-order valence-electron chi connectivity index (χ1n) is 12.6. The van der Waals surface area contributed by atoms with Crippen LogP contribution in [0, 0.1) is 17.2 Å². The molecule has 1 atom stereocenters. The van der Waals surface area contributed by atoms with Crippen LogP contribution in [0.3, 0.4) is 0 Å². The molecule has 37 heavy (non-hydrogen) atoms. The van der Waals surface area contributed by atoms with Crippen molar-refractivity contribution in [3.8, 4) is 11.8 Å². The Bertz CT molecular complexity index is 1190. The summed E-state index contributed by atoms with van der Waals surface area (Å²) in [6, 6.07) is 14.3. The summed E-state index contributed by atoms with van der Waals surface area (Å²) >= 11 is 0. The van der Waals surface area contributed by atoms with Crippen LogP contribution in [-0.2, 0) is 11.2 Å². The number of aliphatic imine (C=N–C) groups is 1. The van der Waals surface area contributed by atoms with E-state index in [1.54, 1.807) is 19.1 Å². The van der Waals surface area contributed by atoms with E-state index in [4.69, 9.17) is 4.74 Å². The first-order valence-corrected chi connectivity index (χ1v) is 12.6. The molecule has 0 fully saturated rings. The molecular weight excluding hydrogens is 466 g/mol. The van der Waals surface area contributed by atoms with E-state index in [0.717, 1.165) is 16.8 Å². The summed E-state index contributed by atoms with van der Waals surface area (Å²) in [7, 11) is 0.